The quantitative estimate of drug-likeness (QED) is 0.841. The van der Waals surface area contributed by atoms with Gasteiger partial charge in [-0.25, -0.2) is 9.59 Å². The number of aromatic carboxylic acids is 1. The summed E-state index contributed by atoms with van der Waals surface area (Å²) in [5, 5.41) is 11.3. The van der Waals surface area contributed by atoms with Crippen LogP contribution >= 0.6 is 0 Å². The molecule has 0 aliphatic heterocycles. The molecule has 0 saturated carbocycles. The van der Waals surface area contributed by atoms with Crippen LogP contribution in [0.25, 0.3) is 0 Å². The van der Waals surface area contributed by atoms with E-state index in [0.29, 0.717) is 19.1 Å². The Morgan fingerprint density at radius 1 is 1.28 bits per heavy atom. The minimum Gasteiger partial charge on any atom is -0.478 e. The van der Waals surface area contributed by atoms with Gasteiger partial charge in [0.2, 0.25) is 0 Å². The Bertz CT molecular complexity index is 412. The SMILES string of the molecule is CC(C)COC(=O)NCc1ccc(C(=O)O)cc1. The van der Waals surface area contributed by atoms with E-state index in [9.17, 15) is 9.59 Å². The van der Waals surface area contributed by atoms with Crippen molar-refractivity contribution in [2.24, 2.45) is 5.92 Å². The lowest BCUT2D eigenvalue weighted by molar-refractivity contribution is 0.0696. The summed E-state index contributed by atoms with van der Waals surface area (Å²) >= 11 is 0. The van der Waals surface area contributed by atoms with Crippen molar-refractivity contribution in [3.05, 3.63) is 35.4 Å². The molecule has 0 bridgehead atoms. The van der Waals surface area contributed by atoms with Gasteiger partial charge in [0.05, 0.1) is 12.2 Å². The van der Waals surface area contributed by atoms with Gasteiger partial charge in [-0.3, -0.25) is 0 Å². The number of carbonyl (C=O) groups excluding carboxylic acids is 1. The summed E-state index contributed by atoms with van der Waals surface area (Å²) < 4.78 is 4.94. The Morgan fingerprint density at radius 3 is 2.39 bits per heavy atom. The molecule has 1 amide bonds. The molecule has 0 aromatic heterocycles. The normalized spacial score (nSPS) is 10.2. The highest BCUT2D eigenvalue weighted by molar-refractivity contribution is 5.87. The molecule has 0 aliphatic rings. The van der Waals surface area contributed by atoms with Crippen molar-refractivity contribution >= 4 is 12.1 Å². The smallest absolute Gasteiger partial charge is 0.407 e. The van der Waals surface area contributed by atoms with E-state index in [1.54, 1.807) is 12.1 Å². The molecule has 0 unspecified atom stereocenters. The highest BCUT2D eigenvalue weighted by Gasteiger charge is 2.05. The van der Waals surface area contributed by atoms with Crippen molar-refractivity contribution in [3.8, 4) is 0 Å². The number of hydrogen-bond acceptors (Lipinski definition) is 3. The molecule has 1 aromatic rings. The van der Waals surface area contributed by atoms with Crippen LogP contribution in [0, 0.1) is 5.92 Å². The van der Waals surface area contributed by atoms with Crippen LogP contribution in [-0.4, -0.2) is 23.8 Å². The molecular weight excluding hydrogens is 234 g/mol. The summed E-state index contributed by atoms with van der Waals surface area (Å²) in [5.41, 5.74) is 1.04. The van der Waals surface area contributed by atoms with E-state index in [4.69, 9.17) is 9.84 Å². The van der Waals surface area contributed by atoms with Gasteiger partial charge in [0.1, 0.15) is 0 Å². The topological polar surface area (TPSA) is 75.6 Å². The van der Waals surface area contributed by atoms with Crippen LogP contribution < -0.4 is 5.32 Å². The van der Waals surface area contributed by atoms with Gasteiger partial charge in [-0.15, -0.1) is 0 Å². The number of carboxylic acid groups (broad SMARTS) is 1. The molecule has 0 heterocycles. The second-order valence-corrected chi connectivity index (χ2v) is 4.35. The third-order valence-corrected chi connectivity index (χ3v) is 2.19. The number of alkyl carbamates (subject to hydrolysis) is 1. The second-order valence-electron chi connectivity index (χ2n) is 4.35. The first-order valence-corrected chi connectivity index (χ1v) is 5.72. The predicted octanol–water partition coefficient (Wildman–Crippen LogP) is 2.27. The van der Waals surface area contributed by atoms with Gasteiger partial charge >= 0.3 is 12.1 Å². The molecule has 18 heavy (non-hydrogen) atoms. The zero-order valence-corrected chi connectivity index (χ0v) is 10.5. The maximum absolute atomic E-state index is 11.3. The number of hydrogen-bond donors (Lipinski definition) is 2. The summed E-state index contributed by atoms with van der Waals surface area (Å²) in [5.74, 6) is -0.670. The van der Waals surface area contributed by atoms with Crippen LogP contribution in [0.3, 0.4) is 0 Å². The summed E-state index contributed by atoms with van der Waals surface area (Å²) in [6.45, 7) is 4.61. The average Bonchev–Trinajstić information content (AvgIpc) is 2.34. The first-order chi connectivity index (χ1) is 8.49. The van der Waals surface area contributed by atoms with E-state index in [2.05, 4.69) is 5.32 Å². The van der Waals surface area contributed by atoms with Crippen molar-refractivity contribution in [3.63, 3.8) is 0 Å². The first kappa shape index (κ1) is 14.0. The Balaban J connectivity index is 2.39. The molecule has 0 spiro atoms. The lowest BCUT2D eigenvalue weighted by atomic mass is 10.1. The van der Waals surface area contributed by atoms with Crippen molar-refractivity contribution < 1.29 is 19.4 Å². The van der Waals surface area contributed by atoms with Gasteiger partial charge in [0.25, 0.3) is 0 Å². The minimum absolute atomic E-state index is 0.223. The monoisotopic (exact) mass is 251 g/mol. The average molecular weight is 251 g/mol. The zero-order chi connectivity index (χ0) is 13.5. The molecule has 98 valence electrons. The molecule has 0 radical (unpaired) electrons. The van der Waals surface area contributed by atoms with E-state index in [0.717, 1.165) is 5.56 Å². The van der Waals surface area contributed by atoms with Gasteiger partial charge < -0.3 is 15.2 Å². The lowest BCUT2D eigenvalue weighted by Crippen LogP contribution is -2.25. The molecule has 5 nitrogen and oxygen atoms in total. The van der Waals surface area contributed by atoms with Gasteiger partial charge in [-0.05, 0) is 23.6 Å². The standard InChI is InChI=1S/C13H17NO4/c1-9(2)8-18-13(17)14-7-10-3-5-11(6-4-10)12(15)16/h3-6,9H,7-8H2,1-2H3,(H,14,17)(H,15,16). The van der Waals surface area contributed by atoms with Crippen LogP contribution in [0.15, 0.2) is 24.3 Å². The zero-order valence-electron chi connectivity index (χ0n) is 10.5. The number of rotatable bonds is 5. The maximum Gasteiger partial charge on any atom is 0.407 e. The van der Waals surface area contributed by atoms with Crippen LogP contribution in [0.4, 0.5) is 4.79 Å². The highest BCUT2D eigenvalue weighted by atomic mass is 16.5. The van der Waals surface area contributed by atoms with E-state index < -0.39 is 12.1 Å². The van der Waals surface area contributed by atoms with Crippen LogP contribution in [0.5, 0.6) is 0 Å². The largest absolute Gasteiger partial charge is 0.478 e. The fourth-order valence-corrected chi connectivity index (χ4v) is 1.23. The van der Waals surface area contributed by atoms with Crippen LogP contribution in [0.1, 0.15) is 29.8 Å². The summed E-state index contributed by atoms with van der Waals surface area (Å²) in [6.07, 6.45) is -0.467. The summed E-state index contributed by atoms with van der Waals surface area (Å²) in [6, 6.07) is 6.32. The third-order valence-electron chi connectivity index (χ3n) is 2.19. The molecule has 0 fully saturated rings. The number of amides is 1. The van der Waals surface area contributed by atoms with E-state index in [1.165, 1.54) is 12.1 Å². The number of carboxylic acids is 1. The predicted molar refractivity (Wildman–Crippen MR) is 66.4 cm³/mol. The first-order valence-electron chi connectivity index (χ1n) is 5.72. The molecule has 0 atom stereocenters. The molecule has 1 aromatic carbocycles. The van der Waals surface area contributed by atoms with Crippen molar-refractivity contribution in [2.75, 3.05) is 6.61 Å². The molecule has 0 saturated heterocycles. The molecule has 2 N–H and O–H groups in total. The fraction of sp³-hybridized carbons (Fsp3) is 0.385. The lowest BCUT2D eigenvalue weighted by Gasteiger charge is -2.08. The fourth-order valence-electron chi connectivity index (χ4n) is 1.23. The third kappa shape index (κ3) is 4.86. The highest BCUT2D eigenvalue weighted by Crippen LogP contribution is 2.04. The Hall–Kier alpha value is -2.04. The van der Waals surface area contributed by atoms with E-state index >= 15 is 0 Å². The number of ether oxygens (including phenoxy) is 1. The van der Waals surface area contributed by atoms with Crippen molar-refractivity contribution in [2.45, 2.75) is 20.4 Å². The minimum atomic E-state index is -0.967. The van der Waals surface area contributed by atoms with E-state index in [-0.39, 0.29) is 5.56 Å². The van der Waals surface area contributed by atoms with Crippen LogP contribution in [0.2, 0.25) is 0 Å². The number of carbonyl (C=O) groups is 2. The molecular formula is C13H17NO4. The molecule has 5 heteroatoms. The van der Waals surface area contributed by atoms with Gasteiger partial charge in [0, 0.05) is 6.54 Å². The summed E-state index contributed by atoms with van der Waals surface area (Å²) in [4.78, 5) is 21.9. The maximum atomic E-state index is 11.3. The van der Waals surface area contributed by atoms with E-state index in [1.807, 2.05) is 13.8 Å². The van der Waals surface area contributed by atoms with Gasteiger partial charge in [-0.1, -0.05) is 26.0 Å². The van der Waals surface area contributed by atoms with Crippen molar-refractivity contribution in [1.29, 1.82) is 0 Å². The van der Waals surface area contributed by atoms with Crippen molar-refractivity contribution in [1.82, 2.24) is 5.32 Å². The number of benzene rings is 1. The molecule has 1 rings (SSSR count). The Kier molecular flexibility index (Phi) is 5.17. The summed E-state index contributed by atoms with van der Waals surface area (Å²) in [7, 11) is 0. The van der Waals surface area contributed by atoms with Gasteiger partial charge in [-0.2, -0.15) is 0 Å². The number of nitrogens with one attached hydrogen (secondary N) is 1. The van der Waals surface area contributed by atoms with Gasteiger partial charge in [0.15, 0.2) is 0 Å². The Morgan fingerprint density at radius 2 is 1.89 bits per heavy atom. The second kappa shape index (κ2) is 6.64. The Labute approximate surface area is 106 Å². The van der Waals surface area contributed by atoms with Crippen LogP contribution in [-0.2, 0) is 11.3 Å². The molecule has 0 aliphatic carbocycles.